The highest BCUT2D eigenvalue weighted by Gasteiger charge is 2.08. The Kier molecular flexibility index (Phi) is 18.2. The van der Waals surface area contributed by atoms with Gasteiger partial charge in [-0.25, -0.2) is 0 Å². The van der Waals surface area contributed by atoms with Gasteiger partial charge in [0.05, 0.1) is 12.7 Å². The fraction of sp³-hybridized carbons (Fsp3) is 0.531. The summed E-state index contributed by atoms with van der Waals surface area (Å²) in [6.07, 6.45) is 19.2. The van der Waals surface area contributed by atoms with Gasteiger partial charge in [-0.05, 0) is 80.7 Å². The molecule has 0 saturated carbocycles. The van der Waals surface area contributed by atoms with Crippen LogP contribution in [0.1, 0.15) is 87.4 Å². The van der Waals surface area contributed by atoms with Crippen molar-refractivity contribution in [3.8, 4) is 0 Å². The highest BCUT2D eigenvalue weighted by atomic mass is 32.2. The van der Waals surface area contributed by atoms with Gasteiger partial charge in [-0.2, -0.15) is 0 Å². The lowest BCUT2D eigenvalue weighted by molar-refractivity contribution is 0.0802. The van der Waals surface area contributed by atoms with Crippen LogP contribution in [0.15, 0.2) is 71.6 Å². The van der Waals surface area contributed by atoms with Crippen LogP contribution in [0.3, 0.4) is 0 Å². The molecule has 0 heterocycles. The number of amides is 1. The third-order valence-electron chi connectivity index (χ3n) is 6.43. The molecular weight excluding hydrogens is 492 g/mol. The first-order valence-corrected chi connectivity index (χ1v) is 15.4. The molecule has 1 unspecified atom stereocenters. The van der Waals surface area contributed by atoms with E-state index in [9.17, 15) is 9.90 Å². The first-order chi connectivity index (χ1) is 18.7. The Balaban J connectivity index is 1.34. The monoisotopic (exact) mass is 540 g/mol. The Bertz CT molecular complexity index is 874. The lowest BCUT2D eigenvalue weighted by Crippen LogP contribution is -2.33. The first-order valence-electron chi connectivity index (χ1n) is 14.4. The maximum atomic E-state index is 12.0. The highest BCUT2D eigenvalue weighted by Crippen LogP contribution is 2.19. The van der Waals surface area contributed by atoms with Crippen LogP contribution >= 0.6 is 11.8 Å². The van der Waals surface area contributed by atoms with Gasteiger partial charge >= 0.3 is 0 Å². The molecule has 0 aliphatic heterocycles. The summed E-state index contributed by atoms with van der Waals surface area (Å²) in [5, 5.41) is 24.1. The van der Waals surface area contributed by atoms with Crippen molar-refractivity contribution in [3.05, 3.63) is 72.3 Å². The van der Waals surface area contributed by atoms with Crippen LogP contribution in [0.4, 0.5) is 5.69 Å². The summed E-state index contributed by atoms with van der Waals surface area (Å²) < 4.78 is 0. The number of benzene rings is 2. The number of hydrogen-bond acceptors (Lipinski definition) is 5. The van der Waals surface area contributed by atoms with Gasteiger partial charge in [0, 0.05) is 29.2 Å². The van der Waals surface area contributed by atoms with E-state index in [2.05, 4.69) is 53.1 Å². The summed E-state index contributed by atoms with van der Waals surface area (Å²) >= 11 is 1.97. The number of rotatable bonds is 22. The molecule has 6 heteroatoms. The molecule has 1 amide bonds. The fourth-order valence-electron chi connectivity index (χ4n) is 4.10. The number of carbonyl (C=O) groups is 1. The molecular formula is C32H48N2O3S. The molecule has 210 valence electrons. The Morgan fingerprint density at radius 2 is 1.39 bits per heavy atom. The van der Waals surface area contributed by atoms with E-state index in [4.69, 9.17) is 5.11 Å². The normalized spacial score (nSPS) is 12.1. The Labute approximate surface area is 234 Å². The lowest BCUT2D eigenvalue weighted by Gasteiger charge is -2.10. The van der Waals surface area contributed by atoms with Crippen LogP contribution < -0.4 is 10.6 Å². The number of aliphatic hydroxyl groups excluding tert-OH is 2. The third-order valence-corrected chi connectivity index (χ3v) is 7.52. The predicted octanol–water partition coefficient (Wildman–Crippen LogP) is 7.21. The number of carbonyl (C=O) groups excluding carboxylic acids is 1. The van der Waals surface area contributed by atoms with Crippen molar-refractivity contribution < 1.29 is 15.0 Å². The van der Waals surface area contributed by atoms with E-state index in [-0.39, 0.29) is 19.1 Å². The predicted molar refractivity (Wildman–Crippen MR) is 162 cm³/mol. The lowest BCUT2D eigenvalue weighted by atomic mass is 10.1. The van der Waals surface area contributed by atoms with Crippen molar-refractivity contribution in [2.75, 3.05) is 30.8 Å². The first kappa shape index (κ1) is 31.9. The highest BCUT2D eigenvalue weighted by molar-refractivity contribution is 7.99. The molecule has 0 saturated heterocycles. The zero-order valence-corrected chi connectivity index (χ0v) is 23.8. The Morgan fingerprint density at radius 3 is 2.05 bits per heavy atom. The SMILES string of the molecule is O=C(NCC(O)CO)c1ccc(NCCCCCCCCC=CCCCCCCSc2ccccc2)cc1. The second-order valence-electron chi connectivity index (χ2n) is 9.80. The van der Waals surface area contributed by atoms with E-state index in [1.54, 1.807) is 12.1 Å². The van der Waals surface area contributed by atoms with Gasteiger partial charge in [0.2, 0.25) is 0 Å². The number of allylic oxidation sites excluding steroid dienone is 2. The number of aliphatic hydroxyl groups is 2. The van der Waals surface area contributed by atoms with Gasteiger partial charge in [-0.15, -0.1) is 11.8 Å². The number of anilines is 1. The topological polar surface area (TPSA) is 81.6 Å². The van der Waals surface area contributed by atoms with Crippen LogP contribution in [0, 0.1) is 0 Å². The molecule has 2 rings (SSSR count). The summed E-state index contributed by atoms with van der Waals surface area (Å²) in [7, 11) is 0. The van der Waals surface area contributed by atoms with E-state index in [0.29, 0.717) is 5.56 Å². The van der Waals surface area contributed by atoms with Gasteiger partial charge in [0.15, 0.2) is 0 Å². The molecule has 0 aliphatic rings. The quantitative estimate of drug-likeness (QED) is 0.0721. The van der Waals surface area contributed by atoms with E-state index in [0.717, 1.165) is 18.7 Å². The standard InChI is InChI=1S/C32H48N2O3S/c35-27-30(36)26-34-32(37)28-20-22-29(23-21-28)33-24-16-11-9-7-5-3-1-2-4-6-8-10-12-17-25-38-31-18-14-13-15-19-31/h2,4,13-15,18-23,30,33,35-36H,1,3,5-12,16-17,24-27H2,(H,34,37). The largest absolute Gasteiger partial charge is 0.394 e. The molecule has 2 aromatic carbocycles. The Hall–Kier alpha value is -2.28. The molecule has 4 N–H and O–H groups in total. The molecule has 0 radical (unpaired) electrons. The minimum atomic E-state index is -0.929. The smallest absolute Gasteiger partial charge is 0.251 e. The number of nitrogens with one attached hydrogen (secondary N) is 2. The molecule has 2 aromatic rings. The molecule has 0 aromatic heterocycles. The van der Waals surface area contributed by atoms with Crippen molar-refractivity contribution in [1.29, 1.82) is 0 Å². The maximum Gasteiger partial charge on any atom is 0.251 e. The van der Waals surface area contributed by atoms with Crippen LogP contribution in [0.2, 0.25) is 0 Å². The van der Waals surface area contributed by atoms with E-state index < -0.39 is 6.10 Å². The Morgan fingerprint density at radius 1 is 0.789 bits per heavy atom. The molecule has 0 aliphatic carbocycles. The minimum absolute atomic E-state index is 0.0436. The average molecular weight is 541 g/mol. The van der Waals surface area contributed by atoms with Crippen molar-refractivity contribution >= 4 is 23.4 Å². The number of unbranched alkanes of at least 4 members (excludes halogenated alkanes) is 10. The molecule has 0 fully saturated rings. The molecule has 1 atom stereocenters. The zero-order chi connectivity index (χ0) is 27.1. The van der Waals surface area contributed by atoms with Crippen LogP contribution in [0.25, 0.3) is 0 Å². The number of thioether (sulfide) groups is 1. The summed E-state index contributed by atoms with van der Waals surface area (Å²) in [4.78, 5) is 13.4. The maximum absolute atomic E-state index is 12.0. The second-order valence-corrected chi connectivity index (χ2v) is 11.0. The van der Waals surface area contributed by atoms with E-state index in [1.165, 1.54) is 81.3 Å². The molecule has 0 bridgehead atoms. The van der Waals surface area contributed by atoms with Gasteiger partial charge in [-0.1, -0.05) is 68.9 Å². The summed E-state index contributed by atoms with van der Waals surface area (Å²) in [6.45, 7) is 0.613. The molecule has 0 spiro atoms. The second kappa shape index (κ2) is 21.6. The van der Waals surface area contributed by atoms with Gasteiger partial charge in [0.1, 0.15) is 0 Å². The van der Waals surface area contributed by atoms with Crippen LogP contribution in [0.5, 0.6) is 0 Å². The van der Waals surface area contributed by atoms with Crippen LogP contribution in [-0.2, 0) is 0 Å². The average Bonchev–Trinajstić information content (AvgIpc) is 2.96. The molecule has 5 nitrogen and oxygen atoms in total. The zero-order valence-electron chi connectivity index (χ0n) is 23.0. The van der Waals surface area contributed by atoms with Gasteiger partial charge < -0.3 is 20.8 Å². The minimum Gasteiger partial charge on any atom is -0.394 e. The van der Waals surface area contributed by atoms with E-state index in [1.807, 2.05) is 23.9 Å². The fourth-order valence-corrected chi connectivity index (χ4v) is 5.04. The molecule has 38 heavy (non-hydrogen) atoms. The van der Waals surface area contributed by atoms with Crippen molar-refractivity contribution in [3.63, 3.8) is 0 Å². The summed E-state index contributed by atoms with van der Waals surface area (Å²) in [5.74, 6) is 0.979. The third kappa shape index (κ3) is 15.9. The number of hydrogen-bond donors (Lipinski definition) is 4. The van der Waals surface area contributed by atoms with Crippen molar-refractivity contribution in [1.82, 2.24) is 5.32 Å². The van der Waals surface area contributed by atoms with Gasteiger partial charge in [-0.3, -0.25) is 4.79 Å². The van der Waals surface area contributed by atoms with Crippen molar-refractivity contribution in [2.45, 2.75) is 88.0 Å². The van der Waals surface area contributed by atoms with E-state index >= 15 is 0 Å². The van der Waals surface area contributed by atoms with Crippen LogP contribution in [-0.4, -0.2) is 47.7 Å². The summed E-state index contributed by atoms with van der Waals surface area (Å²) in [6, 6.07) is 18.0. The summed E-state index contributed by atoms with van der Waals surface area (Å²) in [5.41, 5.74) is 1.55. The van der Waals surface area contributed by atoms with Gasteiger partial charge in [0.25, 0.3) is 5.91 Å². The van der Waals surface area contributed by atoms with Crippen molar-refractivity contribution in [2.24, 2.45) is 0 Å².